The fraction of sp³-hybridized carbons (Fsp3) is 0.208. The Balaban J connectivity index is 1.89. The van der Waals surface area contributed by atoms with Crippen LogP contribution in [0.2, 0.25) is 0 Å². The lowest BCUT2D eigenvalue weighted by atomic mass is 10.0. The molecule has 6 nitrogen and oxygen atoms in total. The number of benzene rings is 3. The van der Waals surface area contributed by atoms with Gasteiger partial charge in [0.1, 0.15) is 0 Å². The first-order valence-corrected chi connectivity index (χ1v) is 9.83. The summed E-state index contributed by atoms with van der Waals surface area (Å²) in [5.41, 5.74) is 3.15. The molecule has 1 amide bonds. The van der Waals surface area contributed by atoms with E-state index in [1.807, 2.05) is 60.7 Å². The average Bonchev–Trinajstić information content (AvgIpc) is 2.78. The van der Waals surface area contributed by atoms with Crippen LogP contribution in [0.4, 0.5) is 5.69 Å². The lowest BCUT2D eigenvalue weighted by molar-refractivity contribution is -0.384. The Morgan fingerprint density at radius 2 is 1.37 bits per heavy atom. The molecule has 1 N–H and O–H groups in total. The minimum absolute atomic E-state index is 0.0423. The number of likely N-dealkylation sites (N-methyl/N-ethyl adjacent to an activating group) is 1. The smallest absolute Gasteiger partial charge is 0.269 e. The molecule has 154 valence electrons. The molecule has 1 unspecified atom stereocenters. The number of non-ortho nitro benzene ring substituents is 1. The van der Waals surface area contributed by atoms with Crippen LogP contribution >= 0.6 is 0 Å². The molecule has 0 spiro atoms. The first-order chi connectivity index (χ1) is 14.6. The number of carbonyl (C=O) groups is 1. The highest BCUT2D eigenvalue weighted by molar-refractivity contribution is 5.81. The van der Waals surface area contributed by atoms with E-state index in [1.165, 1.54) is 12.1 Å². The maximum absolute atomic E-state index is 12.9. The largest absolute Gasteiger partial charge is 0.358 e. The zero-order valence-corrected chi connectivity index (χ0v) is 16.9. The van der Waals surface area contributed by atoms with Crippen LogP contribution in [0.1, 0.15) is 16.7 Å². The average molecular weight is 403 g/mol. The van der Waals surface area contributed by atoms with E-state index in [4.69, 9.17) is 0 Å². The molecule has 0 bridgehead atoms. The molecule has 6 heteroatoms. The molecular formula is C24H25N3O3. The minimum Gasteiger partial charge on any atom is -0.358 e. The molecule has 0 saturated heterocycles. The quantitative estimate of drug-likeness (QED) is 0.434. The van der Waals surface area contributed by atoms with Gasteiger partial charge < -0.3 is 5.32 Å². The van der Waals surface area contributed by atoms with Crippen molar-refractivity contribution in [2.45, 2.75) is 25.6 Å². The second-order valence-corrected chi connectivity index (χ2v) is 7.13. The molecule has 0 aliphatic rings. The van der Waals surface area contributed by atoms with Crippen molar-refractivity contribution in [1.29, 1.82) is 0 Å². The van der Waals surface area contributed by atoms with E-state index in [1.54, 1.807) is 19.2 Å². The summed E-state index contributed by atoms with van der Waals surface area (Å²) < 4.78 is 0. The lowest BCUT2D eigenvalue weighted by Crippen LogP contribution is -2.46. The van der Waals surface area contributed by atoms with Gasteiger partial charge in [0.15, 0.2) is 0 Å². The van der Waals surface area contributed by atoms with Crippen LogP contribution in [0.3, 0.4) is 0 Å². The van der Waals surface area contributed by atoms with Crippen molar-refractivity contribution >= 4 is 11.6 Å². The van der Waals surface area contributed by atoms with Gasteiger partial charge in [-0.05, 0) is 23.1 Å². The number of nitro groups is 1. The maximum Gasteiger partial charge on any atom is 0.269 e. The monoisotopic (exact) mass is 403 g/mol. The van der Waals surface area contributed by atoms with Gasteiger partial charge in [-0.15, -0.1) is 0 Å². The number of amides is 1. The van der Waals surface area contributed by atoms with E-state index in [0.29, 0.717) is 19.5 Å². The van der Waals surface area contributed by atoms with E-state index in [9.17, 15) is 14.9 Å². The summed E-state index contributed by atoms with van der Waals surface area (Å²) in [6, 6.07) is 26.1. The zero-order valence-electron chi connectivity index (χ0n) is 16.9. The standard InChI is InChI=1S/C24H25N3O3/c1-25-24(28)23(16-19-12-14-22(15-13-19)27(29)30)26(17-20-8-4-2-5-9-20)18-21-10-6-3-7-11-21/h2-15,23H,16-18H2,1H3,(H,25,28). The van der Waals surface area contributed by atoms with Crippen molar-refractivity contribution < 1.29 is 9.72 Å². The summed E-state index contributed by atoms with van der Waals surface area (Å²) in [6.45, 7) is 1.22. The minimum atomic E-state index is -0.420. The molecule has 0 heterocycles. The lowest BCUT2D eigenvalue weighted by Gasteiger charge is -2.31. The van der Waals surface area contributed by atoms with Crippen LogP contribution in [0.25, 0.3) is 0 Å². The third-order valence-corrected chi connectivity index (χ3v) is 5.02. The van der Waals surface area contributed by atoms with Gasteiger partial charge in [-0.25, -0.2) is 0 Å². The van der Waals surface area contributed by atoms with Crippen LogP contribution < -0.4 is 5.32 Å². The van der Waals surface area contributed by atoms with Crippen LogP contribution in [0.15, 0.2) is 84.9 Å². The second kappa shape index (κ2) is 10.3. The van der Waals surface area contributed by atoms with Gasteiger partial charge in [-0.1, -0.05) is 72.8 Å². The Hall–Kier alpha value is -3.51. The van der Waals surface area contributed by atoms with Crippen molar-refractivity contribution in [1.82, 2.24) is 10.2 Å². The predicted molar refractivity (Wildman–Crippen MR) is 117 cm³/mol. The van der Waals surface area contributed by atoms with Gasteiger partial charge in [-0.3, -0.25) is 19.8 Å². The Labute approximate surface area is 176 Å². The molecule has 0 saturated carbocycles. The van der Waals surface area contributed by atoms with Crippen LogP contribution in [0.5, 0.6) is 0 Å². The summed E-state index contributed by atoms with van der Waals surface area (Å²) in [5.74, 6) is -0.0831. The number of nitrogens with zero attached hydrogens (tertiary/aromatic N) is 2. The molecule has 3 aromatic rings. The topological polar surface area (TPSA) is 75.5 Å². The van der Waals surface area contributed by atoms with Gasteiger partial charge in [-0.2, -0.15) is 0 Å². The van der Waals surface area contributed by atoms with E-state index < -0.39 is 11.0 Å². The molecule has 3 rings (SSSR count). The Kier molecular flexibility index (Phi) is 7.29. The number of nitro benzene ring substituents is 1. The van der Waals surface area contributed by atoms with E-state index >= 15 is 0 Å². The number of nitrogens with one attached hydrogen (secondary N) is 1. The first-order valence-electron chi connectivity index (χ1n) is 9.83. The number of hydrogen-bond acceptors (Lipinski definition) is 4. The van der Waals surface area contributed by atoms with Gasteiger partial charge in [0.25, 0.3) is 5.69 Å². The molecule has 0 fully saturated rings. The van der Waals surface area contributed by atoms with Crippen molar-refractivity contribution in [3.05, 3.63) is 112 Å². The summed E-state index contributed by atoms with van der Waals surface area (Å²) in [6.07, 6.45) is 0.456. The molecule has 0 aliphatic carbocycles. The highest BCUT2D eigenvalue weighted by atomic mass is 16.6. The molecule has 30 heavy (non-hydrogen) atoms. The molecule has 3 aromatic carbocycles. The Morgan fingerprint density at radius 3 is 1.80 bits per heavy atom. The van der Waals surface area contributed by atoms with Gasteiger partial charge in [0.2, 0.25) is 5.91 Å². The zero-order chi connectivity index (χ0) is 21.3. The molecule has 0 aromatic heterocycles. The fourth-order valence-corrected chi connectivity index (χ4v) is 3.44. The molecule has 1 atom stereocenters. The summed E-state index contributed by atoms with van der Waals surface area (Å²) in [4.78, 5) is 25.5. The second-order valence-electron chi connectivity index (χ2n) is 7.13. The van der Waals surface area contributed by atoms with Gasteiger partial charge in [0, 0.05) is 32.3 Å². The van der Waals surface area contributed by atoms with E-state index in [0.717, 1.165) is 16.7 Å². The number of hydrogen-bond donors (Lipinski definition) is 1. The summed E-state index contributed by atoms with van der Waals surface area (Å²) >= 11 is 0. The number of carbonyl (C=O) groups excluding carboxylic acids is 1. The van der Waals surface area contributed by atoms with Gasteiger partial charge >= 0.3 is 0 Å². The van der Waals surface area contributed by atoms with Crippen molar-refractivity contribution in [2.24, 2.45) is 0 Å². The molecular weight excluding hydrogens is 378 g/mol. The highest BCUT2D eigenvalue weighted by Gasteiger charge is 2.26. The van der Waals surface area contributed by atoms with Crippen molar-refractivity contribution in [3.8, 4) is 0 Å². The normalized spacial score (nSPS) is 11.8. The SMILES string of the molecule is CNC(=O)C(Cc1ccc([N+](=O)[O-])cc1)N(Cc1ccccc1)Cc1ccccc1. The van der Waals surface area contributed by atoms with Crippen LogP contribution in [-0.2, 0) is 24.3 Å². The van der Waals surface area contributed by atoms with E-state index in [2.05, 4.69) is 10.2 Å². The van der Waals surface area contributed by atoms with Crippen molar-refractivity contribution in [2.75, 3.05) is 7.05 Å². The molecule has 0 aliphatic heterocycles. The van der Waals surface area contributed by atoms with Crippen molar-refractivity contribution in [3.63, 3.8) is 0 Å². The fourth-order valence-electron chi connectivity index (χ4n) is 3.44. The Morgan fingerprint density at radius 1 is 0.867 bits per heavy atom. The summed E-state index contributed by atoms with van der Waals surface area (Å²) in [7, 11) is 1.63. The van der Waals surface area contributed by atoms with Crippen LogP contribution in [0, 0.1) is 10.1 Å². The maximum atomic E-state index is 12.9. The summed E-state index contributed by atoms with van der Waals surface area (Å²) in [5, 5.41) is 13.7. The van der Waals surface area contributed by atoms with E-state index in [-0.39, 0.29) is 11.6 Å². The third-order valence-electron chi connectivity index (χ3n) is 5.02. The van der Waals surface area contributed by atoms with Gasteiger partial charge in [0.05, 0.1) is 11.0 Å². The molecule has 0 radical (unpaired) electrons. The Bertz CT molecular complexity index is 919. The predicted octanol–water partition coefficient (Wildman–Crippen LogP) is 3.95. The number of rotatable bonds is 9. The third kappa shape index (κ3) is 5.75. The first kappa shape index (κ1) is 21.2. The van der Waals surface area contributed by atoms with Crippen LogP contribution in [-0.4, -0.2) is 28.8 Å². The highest BCUT2D eigenvalue weighted by Crippen LogP contribution is 2.19.